The highest BCUT2D eigenvalue weighted by atomic mass is 17.2. The quantitative estimate of drug-likeness (QED) is 0.317. The van der Waals surface area contributed by atoms with Crippen LogP contribution in [0.4, 0.5) is 0 Å². The first-order valence-electron chi connectivity index (χ1n) is 4.55. The fourth-order valence-electron chi connectivity index (χ4n) is 1.30. The molecule has 0 aromatic carbocycles. The zero-order valence-electron chi connectivity index (χ0n) is 8.51. The number of nitrogens with zero attached hydrogens (tertiary/aromatic N) is 3. The number of hydrogen-bond donors (Lipinski definition) is 1. The van der Waals surface area contributed by atoms with E-state index in [1.807, 2.05) is 20.1 Å². The molecule has 0 saturated carbocycles. The molecule has 0 atom stereocenters. The van der Waals surface area contributed by atoms with E-state index in [1.54, 1.807) is 0 Å². The average Bonchev–Trinajstić information content (AvgIpc) is 2.16. The van der Waals surface area contributed by atoms with E-state index in [-0.39, 0.29) is 0 Å². The Bertz CT molecular complexity index is 230. The van der Waals surface area contributed by atoms with E-state index in [0.29, 0.717) is 0 Å². The molecule has 0 amide bonds. The first-order chi connectivity index (χ1) is 6.64. The predicted octanol–water partition coefficient (Wildman–Crippen LogP) is 0.735. The van der Waals surface area contributed by atoms with Gasteiger partial charge in [0.2, 0.25) is 0 Å². The Labute approximate surface area is 82.7 Å². The summed E-state index contributed by atoms with van der Waals surface area (Å²) in [5, 5.41) is 14.9. The van der Waals surface area contributed by atoms with Gasteiger partial charge in [-0.3, -0.25) is 0 Å². The second-order valence-corrected chi connectivity index (χ2v) is 3.69. The normalized spacial score (nSPS) is 18.6. The summed E-state index contributed by atoms with van der Waals surface area (Å²) in [6.45, 7) is 6.95. The maximum atomic E-state index is 8.03. The molecule has 1 aliphatic heterocycles. The summed E-state index contributed by atoms with van der Waals surface area (Å²) in [5.41, 5.74) is -0.472. The summed E-state index contributed by atoms with van der Waals surface area (Å²) in [4.78, 5) is 3.56. The molecule has 6 nitrogen and oxygen atoms in total. The highest BCUT2D eigenvalue weighted by molar-refractivity contribution is 5.64. The maximum Gasteiger partial charge on any atom is 0.169 e. The lowest BCUT2D eigenvalue weighted by molar-refractivity contribution is -0.547. The molecule has 1 heterocycles. The zero-order valence-corrected chi connectivity index (χ0v) is 8.51. The molecule has 0 unspecified atom stereocenters. The van der Waals surface area contributed by atoms with Crippen molar-refractivity contribution < 1.29 is 19.6 Å². The van der Waals surface area contributed by atoms with Crippen molar-refractivity contribution in [3.05, 3.63) is 0 Å². The summed E-state index contributed by atoms with van der Waals surface area (Å²) in [6.07, 6.45) is 1.96. The van der Waals surface area contributed by atoms with Gasteiger partial charge in [0.05, 0.1) is 5.28 Å². The fraction of sp³-hybridized carbons (Fsp3) is 0.875. The average molecular weight is 202 g/mol. The van der Waals surface area contributed by atoms with Crippen molar-refractivity contribution in [1.29, 1.82) is 0 Å². The Morgan fingerprint density at radius 2 is 2.07 bits per heavy atom. The minimum Gasteiger partial charge on any atom is -0.368 e. The second-order valence-electron chi connectivity index (χ2n) is 3.69. The van der Waals surface area contributed by atoms with E-state index < -0.39 is 5.54 Å². The molecule has 1 N–H and O–H groups in total. The van der Waals surface area contributed by atoms with Gasteiger partial charge in [0.1, 0.15) is 13.2 Å². The zero-order chi connectivity index (χ0) is 10.4. The van der Waals surface area contributed by atoms with Crippen molar-refractivity contribution in [3.63, 3.8) is 0 Å². The van der Waals surface area contributed by atoms with Gasteiger partial charge in [0, 0.05) is 0 Å². The highest BCUT2D eigenvalue weighted by Gasteiger charge is 2.22. The monoisotopic (exact) mass is 202 g/mol. The smallest absolute Gasteiger partial charge is 0.169 e. The lowest BCUT2D eigenvalue weighted by atomic mass is 10.1. The van der Waals surface area contributed by atoms with Crippen LogP contribution in [0.2, 0.25) is 0 Å². The molecule has 1 aliphatic rings. The van der Waals surface area contributed by atoms with Gasteiger partial charge in [-0.25, -0.2) is 9.56 Å². The number of hydrogen-bond acceptors (Lipinski definition) is 5. The Balaban J connectivity index is 2.58. The minimum atomic E-state index is -0.472. The van der Waals surface area contributed by atoms with Crippen LogP contribution < -0.4 is 0 Å². The van der Waals surface area contributed by atoms with Gasteiger partial charge in [0.25, 0.3) is 0 Å². The predicted molar refractivity (Wildman–Crippen MR) is 49.5 cm³/mol. The third kappa shape index (κ3) is 3.80. The van der Waals surface area contributed by atoms with Gasteiger partial charge in [-0.05, 0) is 13.8 Å². The fourth-order valence-corrected chi connectivity index (χ4v) is 1.30. The van der Waals surface area contributed by atoms with Crippen LogP contribution in [0, 0.1) is 0 Å². The van der Waals surface area contributed by atoms with Crippen LogP contribution in [0.5, 0.6) is 0 Å². The molecule has 0 radical (unpaired) electrons. The number of ether oxygens (including phenoxy) is 1. The molecule has 1 fully saturated rings. The SMILES string of the molecule is CC(C)(C=[N+]1CCOCC1)N=NOO. The molecule has 0 aromatic rings. The summed E-state index contributed by atoms with van der Waals surface area (Å²) >= 11 is 0. The van der Waals surface area contributed by atoms with Crippen molar-refractivity contribution in [3.8, 4) is 0 Å². The molecule has 14 heavy (non-hydrogen) atoms. The molecule has 0 spiro atoms. The third-order valence-electron chi connectivity index (χ3n) is 1.88. The van der Waals surface area contributed by atoms with Crippen LogP contribution in [0.1, 0.15) is 13.8 Å². The third-order valence-corrected chi connectivity index (χ3v) is 1.88. The van der Waals surface area contributed by atoms with Crippen LogP contribution in [0.15, 0.2) is 10.4 Å². The van der Waals surface area contributed by atoms with Crippen LogP contribution in [-0.4, -0.2) is 47.9 Å². The van der Waals surface area contributed by atoms with Crippen LogP contribution >= 0.6 is 0 Å². The topological polar surface area (TPSA) is 66.4 Å². The molecule has 1 rings (SSSR count). The lowest BCUT2D eigenvalue weighted by Gasteiger charge is -2.14. The highest BCUT2D eigenvalue weighted by Crippen LogP contribution is 2.06. The van der Waals surface area contributed by atoms with E-state index in [2.05, 4.69) is 20.0 Å². The lowest BCUT2D eigenvalue weighted by Crippen LogP contribution is -2.34. The first kappa shape index (κ1) is 11.1. The standard InChI is InChI=1S/C8H15N3O3/c1-8(2,9-10-14-12)7-11-3-5-13-6-4-11/h7H,3-6H2,1-2H3/p+1. The van der Waals surface area contributed by atoms with E-state index >= 15 is 0 Å². The molecular weight excluding hydrogens is 186 g/mol. The molecule has 0 aromatic heterocycles. The van der Waals surface area contributed by atoms with Gasteiger partial charge in [0.15, 0.2) is 24.8 Å². The van der Waals surface area contributed by atoms with Crippen LogP contribution in [0.25, 0.3) is 0 Å². The van der Waals surface area contributed by atoms with Crippen molar-refractivity contribution in [2.75, 3.05) is 26.3 Å². The maximum absolute atomic E-state index is 8.03. The van der Waals surface area contributed by atoms with E-state index in [0.717, 1.165) is 26.3 Å². The summed E-state index contributed by atoms with van der Waals surface area (Å²) in [5.74, 6) is 0. The second kappa shape index (κ2) is 5.02. The Morgan fingerprint density at radius 3 is 2.64 bits per heavy atom. The van der Waals surface area contributed by atoms with Gasteiger partial charge in [-0.2, -0.15) is 5.26 Å². The van der Waals surface area contributed by atoms with Gasteiger partial charge >= 0.3 is 0 Å². The van der Waals surface area contributed by atoms with Gasteiger partial charge < -0.3 is 4.74 Å². The van der Waals surface area contributed by atoms with Crippen LogP contribution in [-0.2, 0) is 9.73 Å². The van der Waals surface area contributed by atoms with Crippen LogP contribution in [0.3, 0.4) is 0 Å². The van der Waals surface area contributed by atoms with Gasteiger partial charge in [-0.15, -0.1) is 5.11 Å². The minimum absolute atomic E-state index is 0.472. The van der Waals surface area contributed by atoms with Gasteiger partial charge in [-0.1, -0.05) is 0 Å². The van der Waals surface area contributed by atoms with E-state index in [9.17, 15) is 0 Å². The molecule has 1 saturated heterocycles. The van der Waals surface area contributed by atoms with Crippen molar-refractivity contribution >= 4 is 6.21 Å². The summed E-state index contributed by atoms with van der Waals surface area (Å²) < 4.78 is 7.34. The Kier molecular flexibility index (Phi) is 3.97. The summed E-state index contributed by atoms with van der Waals surface area (Å²) in [6, 6.07) is 0. The molecule has 6 heteroatoms. The molecule has 80 valence electrons. The van der Waals surface area contributed by atoms with E-state index in [1.165, 1.54) is 0 Å². The Morgan fingerprint density at radius 1 is 1.43 bits per heavy atom. The molecule has 0 bridgehead atoms. The summed E-state index contributed by atoms with van der Waals surface area (Å²) in [7, 11) is 0. The Hall–Kier alpha value is -1.01. The number of morpholine rings is 1. The first-order valence-corrected chi connectivity index (χ1v) is 4.55. The van der Waals surface area contributed by atoms with E-state index in [4.69, 9.17) is 9.99 Å². The molecule has 0 aliphatic carbocycles. The number of rotatable bonds is 3. The van der Waals surface area contributed by atoms with Crippen molar-refractivity contribution in [1.82, 2.24) is 0 Å². The van der Waals surface area contributed by atoms with Crippen molar-refractivity contribution in [2.45, 2.75) is 19.4 Å². The van der Waals surface area contributed by atoms with Crippen molar-refractivity contribution in [2.24, 2.45) is 10.4 Å². The largest absolute Gasteiger partial charge is 0.368 e. The molecular formula is C8H16N3O3+.